The minimum atomic E-state index is -0.345. The van der Waals surface area contributed by atoms with Gasteiger partial charge in [-0.1, -0.05) is 38.1 Å². The van der Waals surface area contributed by atoms with E-state index in [1.54, 1.807) is 0 Å². The van der Waals surface area contributed by atoms with Crippen molar-refractivity contribution >= 4 is 22.9 Å². The zero-order valence-corrected chi connectivity index (χ0v) is 14.8. The number of nitrogen functional groups attached to an aromatic ring is 1. The Balaban J connectivity index is 0.00000139. The standard InChI is InChI=1S/C15H19N5O2.C2H6/c1-4-12-18-14(13(16)15(21)19-12)17-11-7-5-6-10(8-11)9(2)20-22-3;1-2/h5-8H,4,16H2,1-3H3,(H2,17,18,19,21);1-2H3/b20-9+;. The third kappa shape index (κ3) is 4.84. The predicted molar refractivity (Wildman–Crippen MR) is 98.9 cm³/mol. The van der Waals surface area contributed by atoms with Gasteiger partial charge in [0, 0.05) is 17.7 Å². The second kappa shape index (κ2) is 9.34. The molecule has 2 aromatic rings. The first kappa shape index (κ1) is 19.2. The lowest BCUT2D eigenvalue weighted by Crippen LogP contribution is -2.18. The van der Waals surface area contributed by atoms with E-state index in [-0.39, 0.29) is 11.2 Å². The highest BCUT2D eigenvalue weighted by Gasteiger charge is 2.08. The minimum absolute atomic E-state index is 0.0601. The number of anilines is 3. The molecule has 1 heterocycles. The van der Waals surface area contributed by atoms with Crippen LogP contribution in [0.2, 0.25) is 0 Å². The summed E-state index contributed by atoms with van der Waals surface area (Å²) in [5.74, 6) is 0.925. The van der Waals surface area contributed by atoms with E-state index < -0.39 is 0 Å². The van der Waals surface area contributed by atoms with Crippen LogP contribution in [0.5, 0.6) is 0 Å². The first-order chi connectivity index (χ1) is 11.5. The van der Waals surface area contributed by atoms with Gasteiger partial charge in [0.2, 0.25) is 0 Å². The largest absolute Gasteiger partial charge is 0.399 e. The first-order valence-corrected chi connectivity index (χ1v) is 7.89. The fourth-order valence-electron chi connectivity index (χ4n) is 1.94. The van der Waals surface area contributed by atoms with Crippen LogP contribution in [0.15, 0.2) is 34.2 Å². The number of oxime groups is 1. The van der Waals surface area contributed by atoms with Gasteiger partial charge in [0.1, 0.15) is 18.6 Å². The monoisotopic (exact) mass is 331 g/mol. The molecular formula is C17H25N5O2. The fraction of sp³-hybridized carbons (Fsp3) is 0.353. The number of hydrogen-bond acceptors (Lipinski definition) is 6. The predicted octanol–water partition coefficient (Wildman–Crippen LogP) is 3.05. The highest BCUT2D eigenvalue weighted by molar-refractivity contribution is 5.99. The fourth-order valence-corrected chi connectivity index (χ4v) is 1.94. The molecule has 0 spiro atoms. The maximum atomic E-state index is 11.8. The summed E-state index contributed by atoms with van der Waals surface area (Å²) in [6.45, 7) is 7.75. The van der Waals surface area contributed by atoms with Crippen LogP contribution in [0, 0.1) is 0 Å². The van der Waals surface area contributed by atoms with Crippen molar-refractivity contribution in [3.8, 4) is 0 Å². The van der Waals surface area contributed by atoms with Gasteiger partial charge in [0.05, 0.1) is 5.71 Å². The van der Waals surface area contributed by atoms with Gasteiger partial charge in [0.15, 0.2) is 5.82 Å². The van der Waals surface area contributed by atoms with E-state index in [1.807, 2.05) is 52.0 Å². The van der Waals surface area contributed by atoms with Crippen molar-refractivity contribution in [3.05, 3.63) is 46.0 Å². The number of nitrogens with one attached hydrogen (secondary N) is 2. The van der Waals surface area contributed by atoms with Crippen molar-refractivity contribution in [2.45, 2.75) is 34.1 Å². The van der Waals surface area contributed by atoms with Crippen LogP contribution in [0.1, 0.15) is 39.1 Å². The highest BCUT2D eigenvalue weighted by Crippen LogP contribution is 2.19. The Morgan fingerprint density at radius 1 is 1.42 bits per heavy atom. The Morgan fingerprint density at radius 2 is 2.12 bits per heavy atom. The average molecular weight is 331 g/mol. The lowest BCUT2D eigenvalue weighted by Gasteiger charge is -2.10. The Bertz CT molecular complexity index is 753. The van der Waals surface area contributed by atoms with E-state index in [2.05, 4.69) is 20.4 Å². The molecule has 0 saturated carbocycles. The van der Waals surface area contributed by atoms with Crippen molar-refractivity contribution in [2.75, 3.05) is 18.2 Å². The third-order valence-corrected chi connectivity index (χ3v) is 3.11. The minimum Gasteiger partial charge on any atom is -0.399 e. The molecule has 0 aliphatic carbocycles. The molecule has 7 heteroatoms. The van der Waals surface area contributed by atoms with Gasteiger partial charge in [-0.05, 0) is 19.1 Å². The van der Waals surface area contributed by atoms with Crippen LogP contribution in [-0.4, -0.2) is 22.8 Å². The zero-order chi connectivity index (χ0) is 18.1. The van der Waals surface area contributed by atoms with Crippen LogP contribution in [0.4, 0.5) is 17.2 Å². The first-order valence-electron chi connectivity index (χ1n) is 7.89. The molecule has 0 fully saturated rings. The number of hydrogen-bond donors (Lipinski definition) is 3. The number of H-pyrrole nitrogens is 1. The summed E-state index contributed by atoms with van der Waals surface area (Å²) in [7, 11) is 1.50. The van der Waals surface area contributed by atoms with Gasteiger partial charge in [0.25, 0.3) is 5.56 Å². The van der Waals surface area contributed by atoms with Gasteiger partial charge in [-0.3, -0.25) is 4.79 Å². The molecule has 7 nitrogen and oxygen atoms in total. The quantitative estimate of drug-likeness (QED) is 0.577. The Kier molecular flexibility index (Phi) is 7.48. The van der Waals surface area contributed by atoms with E-state index in [0.717, 1.165) is 17.0 Å². The van der Waals surface area contributed by atoms with Gasteiger partial charge in [-0.25, -0.2) is 4.98 Å². The summed E-state index contributed by atoms with van der Waals surface area (Å²) >= 11 is 0. The number of nitrogens with two attached hydrogens (primary N) is 1. The number of benzene rings is 1. The summed E-state index contributed by atoms with van der Waals surface area (Å²) in [6.07, 6.45) is 0.615. The van der Waals surface area contributed by atoms with E-state index in [1.165, 1.54) is 7.11 Å². The number of aryl methyl sites for hydroxylation is 1. The maximum Gasteiger partial charge on any atom is 0.276 e. The summed E-state index contributed by atoms with van der Waals surface area (Å²) < 4.78 is 0. The van der Waals surface area contributed by atoms with Crippen molar-refractivity contribution in [3.63, 3.8) is 0 Å². The third-order valence-electron chi connectivity index (χ3n) is 3.11. The molecule has 24 heavy (non-hydrogen) atoms. The molecule has 0 amide bonds. The van der Waals surface area contributed by atoms with Crippen LogP contribution < -0.4 is 16.6 Å². The second-order valence-electron chi connectivity index (χ2n) is 4.69. The number of rotatable bonds is 5. The second-order valence-corrected chi connectivity index (χ2v) is 4.69. The Labute approximate surface area is 142 Å². The normalized spacial score (nSPS) is 10.6. The highest BCUT2D eigenvalue weighted by atomic mass is 16.6. The molecule has 0 bridgehead atoms. The summed E-state index contributed by atoms with van der Waals surface area (Å²) in [5, 5.41) is 6.97. The van der Waals surface area contributed by atoms with Crippen LogP contribution in [-0.2, 0) is 11.3 Å². The molecule has 2 rings (SSSR count). The van der Waals surface area contributed by atoms with Crippen LogP contribution in [0.3, 0.4) is 0 Å². The van der Waals surface area contributed by atoms with Crippen LogP contribution >= 0.6 is 0 Å². The van der Waals surface area contributed by atoms with Crippen molar-refractivity contribution < 1.29 is 4.84 Å². The molecule has 0 unspecified atom stereocenters. The molecule has 0 atom stereocenters. The number of nitrogens with zero attached hydrogens (tertiary/aromatic N) is 2. The van der Waals surface area contributed by atoms with Gasteiger partial charge in [-0.2, -0.15) is 0 Å². The molecule has 130 valence electrons. The molecule has 0 aliphatic rings. The lowest BCUT2D eigenvalue weighted by molar-refractivity contribution is 0.213. The molecule has 0 saturated heterocycles. The summed E-state index contributed by atoms with van der Waals surface area (Å²) in [4.78, 5) is 23.5. The van der Waals surface area contributed by atoms with Crippen molar-refractivity contribution in [1.82, 2.24) is 9.97 Å². The van der Waals surface area contributed by atoms with Gasteiger partial charge in [-0.15, -0.1) is 0 Å². The molecular weight excluding hydrogens is 306 g/mol. The average Bonchev–Trinajstić information content (AvgIpc) is 2.61. The van der Waals surface area contributed by atoms with E-state index in [4.69, 9.17) is 10.6 Å². The van der Waals surface area contributed by atoms with Crippen molar-refractivity contribution in [1.29, 1.82) is 0 Å². The zero-order valence-electron chi connectivity index (χ0n) is 14.8. The van der Waals surface area contributed by atoms with Gasteiger partial charge < -0.3 is 20.9 Å². The van der Waals surface area contributed by atoms with Crippen molar-refractivity contribution in [2.24, 2.45) is 5.16 Å². The van der Waals surface area contributed by atoms with Gasteiger partial charge >= 0.3 is 0 Å². The lowest BCUT2D eigenvalue weighted by atomic mass is 10.1. The molecule has 4 N–H and O–H groups in total. The topological polar surface area (TPSA) is 105 Å². The Morgan fingerprint density at radius 3 is 2.75 bits per heavy atom. The summed E-state index contributed by atoms with van der Waals surface area (Å²) in [6, 6.07) is 7.52. The number of aromatic amines is 1. The Hall–Kier alpha value is -2.83. The smallest absolute Gasteiger partial charge is 0.276 e. The van der Waals surface area contributed by atoms with E-state index in [0.29, 0.717) is 18.1 Å². The molecule has 0 radical (unpaired) electrons. The van der Waals surface area contributed by atoms with Crippen LogP contribution in [0.25, 0.3) is 0 Å². The molecule has 0 aliphatic heterocycles. The number of aromatic nitrogens is 2. The maximum absolute atomic E-state index is 11.8. The van der Waals surface area contributed by atoms with E-state index >= 15 is 0 Å². The SMILES string of the molecule is CC.CCc1nc(Nc2cccc(/C(C)=N/OC)c2)c(N)c(=O)[nH]1. The molecule has 1 aromatic carbocycles. The summed E-state index contributed by atoms with van der Waals surface area (Å²) in [5.41, 5.74) is 7.90. The van der Waals surface area contributed by atoms with E-state index in [9.17, 15) is 4.79 Å². The molecule has 1 aromatic heterocycles.